The molecule has 1 aromatic rings. The van der Waals surface area contributed by atoms with Gasteiger partial charge >= 0.3 is 0 Å². The molecule has 0 saturated carbocycles. The monoisotopic (exact) mass is 307 g/mol. The first kappa shape index (κ1) is 23.4. The van der Waals surface area contributed by atoms with Gasteiger partial charge in [-0.2, -0.15) is 0 Å². The molecule has 1 rings (SSSR count). The minimum Gasteiger partial charge on any atom is -0.320 e. The summed E-state index contributed by atoms with van der Waals surface area (Å²) in [7, 11) is 1.93. The molecule has 0 atom stereocenters. The van der Waals surface area contributed by atoms with Gasteiger partial charge in [-0.3, -0.25) is 0 Å². The van der Waals surface area contributed by atoms with Crippen LogP contribution in [0.4, 0.5) is 0 Å². The molecule has 0 amide bonds. The third kappa shape index (κ3) is 19.2. The van der Waals surface area contributed by atoms with Crippen LogP contribution in [0.1, 0.15) is 83.8 Å². The minimum absolute atomic E-state index is 1.07. The molecule has 0 bridgehead atoms. The van der Waals surface area contributed by atoms with Crippen LogP contribution in [0.2, 0.25) is 0 Å². The van der Waals surface area contributed by atoms with Crippen molar-refractivity contribution in [1.29, 1.82) is 0 Å². The van der Waals surface area contributed by atoms with Crippen molar-refractivity contribution >= 4 is 0 Å². The lowest BCUT2D eigenvalue weighted by Gasteiger charge is -1.99. The van der Waals surface area contributed by atoms with E-state index in [1.807, 2.05) is 7.05 Å². The maximum absolute atomic E-state index is 2.93. The maximum Gasteiger partial charge on any atom is -0.00804 e. The van der Waals surface area contributed by atoms with Gasteiger partial charge in [-0.1, -0.05) is 96.0 Å². The zero-order valence-electron chi connectivity index (χ0n) is 16.2. The van der Waals surface area contributed by atoms with Crippen LogP contribution in [-0.4, -0.2) is 13.6 Å². The van der Waals surface area contributed by atoms with Gasteiger partial charge in [0.2, 0.25) is 0 Å². The molecule has 0 radical (unpaired) electrons. The molecule has 1 aromatic carbocycles. The third-order valence-electron chi connectivity index (χ3n) is 3.50. The van der Waals surface area contributed by atoms with E-state index in [1.54, 1.807) is 0 Å². The van der Waals surface area contributed by atoms with Gasteiger partial charge in [-0.05, 0) is 38.9 Å². The summed E-state index contributed by atoms with van der Waals surface area (Å²) in [5, 5.41) is 2.93. The summed E-state index contributed by atoms with van der Waals surface area (Å²) in [6, 6.07) is 8.83. The first-order valence-corrected chi connectivity index (χ1v) is 9.36. The fraction of sp³-hybridized carbons (Fsp3) is 0.714. The molecule has 0 aromatic heterocycles. The number of hydrogen-bond donors (Lipinski definition) is 1. The Labute approximate surface area is 140 Å². The molecule has 0 unspecified atom stereocenters. The SMILES string of the molecule is CCCCCCC.CCCCc1ccc(C)cc1.CCNC. The Kier molecular flexibility index (Phi) is 21.5. The van der Waals surface area contributed by atoms with E-state index in [0.717, 1.165) is 6.54 Å². The number of rotatable bonds is 8. The van der Waals surface area contributed by atoms with E-state index >= 15 is 0 Å². The van der Waals surface area contributed by atoms with Crippen molar-refractivity contribution in [2.24, 2.45) is 0 Å². The van der Waals surface area contributed by atoms with E-state index in [2.05, 4.69) is 64.2 Å². The van der Waals surface area contributed by atoms with E-state index in [0.29, 0.717) is 0 Å². The van der Waals surface area contributed by atoms with E-state index in [9.17, 15) is 0 Å². The Hall–Kier alpha value is -0.820. The summed E-state index contributed by atoms with van der Waals surface area (Å²) in [5.41, 5.74) is 2.82. The normalized spacial score (nSPS) is 9.36. The molecule has 130 valence electrons. The molecule has 0 aliphatic rings. The van der Waals surface area contributed by atoms with Gasteiger partial charge in [0.1, 0.15) is 0 Å². The zero-order valence-corrected chi connectivity index (χ0v) is 16.2. The standard InChI is InChI=1S/C11H16.C7H16.C3H9N/c1-3-4-5-11-8-6-10(2)7-9-11;1-3-5-7-6-4-2;1-3-4-2/h6-9H,3-5H2,1-2H3;3-7H2,1-2H3;4H,3H2,1-2H3. The molecule has 0 saturated heterocycles. The summed E-state index contributed by atoms with van der Waals surface area (Å²) in [5.74, 6) is 0. The van der Waals surface area contributed by atoms with Crippen molar-refractivity contribution in [3.63, 3.8) is 0 Å². The van der Waals surface area contributed by atoms with Crippen LogP contribution in [0.5, 0.6) is 0 Å². The molecular weight excluding hydrogens is 266 g/mol. The Morgan fingerprint density at radius 1 is 0.727 bits per heavy atom. The molecular formula is C21H41N. The van der Waals surface area contributed by atoms with Crippen LogP contribution < -0.4 is 5.32 Å². The van der Waals surface area contributed by atoms with E-state index in [4.69, 9.17) is 0 Å². The second-order valence-corrected chi connectivity index (χ2v) is 5.86. The first-order valence-electron chi connectivity index (χ1n) is 9.36. The lowest BCUT2D eigenvalue weighted by Crippen LogP contribution is -2.01. The minimum atomic E-state index is 1.07. The van der Waals surface area contributed by atoms with E-state index in [1.165, 1.54) is 62.5 Å². The van der Waals surface area contributed by atoms with Gasteiger partial charge in [0.15, 0.2) is 0 Å². The van der Waals surface area contributed by atoms with Crippen molar-refractivity contribution in [1.82, 2.24) is 5.32 Å². The van der Waals surface area contributed by atoms with Crippen LogP contribution in [0, 0.1) is 6.92 Å². The molecule has 0 fully saturated rings. The topological polar surface area (TPSA) is 12.0 Å². The summed E-state index contributed by atoms with van der Waals surface area (Å²) < 4.78 is 0. The molecule has 0 spiro atoms. The Morgan fingerprint density at radius 3 is 1.55 bits per heavy atom. The highest BCUT2D eigenvalue weighted by Gasteiger charge is 1.90. The van der Waals surface area contributed by atoms with E-state index in [-0.39, 0.29) is 0 Å². The summed E-state index contributed by atoms with van der Waals surface area (Å²) in [6.45, 7) is 12.0. The summed E-state index contributed by atoms with van der Waals surface area (Å²) >= 11 is 0. The highest BCUT2D eigenvalue weighted by atomic mass is 14.8. The van der Waals surface area contributed by atoms with Crippen LogP contribution in [-0.2, 0) is 6.42 Å². The van der Waals surface area contributed by atoms with Gasteiger partial charge in [0, 0.05) is 0 Å². The number of aryl methyl sites for hydroxylation is 2. The third-order valence-corrected chi connectivity index (χ3v) is 3.50. The number of nitrogens with one attached hydrogen (secondary N) is 1. The van der Waals surface area contributed by atoms with Gasteiger partial charge in [0.05, 0.1) is 0 Å². The first-order chi connectivity index (χ1) is 10.7. The molecule has 22 heavy (non-hydrogen) atoms. The second kappa shape index (κ2) is 20.2. The average Bonchev–Trinajstić information content (AvgIpc) is 2.56. The van der Waals surface area contributed by atoms with Crippen molar-refractivity contribution in [3.05, 3.63) is 35.4 Å². The number of unbranched alkanes of at least 4 members (excludes halogenated alkanes) is 5. The summed E-state index contributed by atoms with van der Waals surface area (Å²) in [6.07, 6.45) is 10.8. The average molecular weight is 308 g/mol. The van der Waals surface area contributed by atoms with Crippen molar-refractivity contribution < 1.29 is 0 Å². The van der Waals surface area contributed by atoms with Crippen molar-refractivity contribution in [2.75, 3.05) is 13.6 Å². The van der Waals surface area contributed by atoms with Gasteiger partial charge in [0.25, 0.3) is 0 Å². The smallest absolute Gasteiger partial charge is 0.00804 e. The second-order valence-electron chi connectivity index (χ2n) is 5.86. The summed E-state index contributed by atoms with van der Waals surface area (Å²) in [4.78, 5) is 0. The fourth-order valence-electron chi connectivity index (χ4n) is 1.81. The Bertz CT molecular complexity index is 283. The highest BCUT2D eigenvalue weighted by molar-refractivity contribution is 5.21. The fourth-order valence-corrected chi connectivity index (χ4v) is 1.81. The lowest BCUT2D eigenvalue weighted by molar-refractivity contribution is 0.656. The van der Waals surface area contributed by atoms with Crippen LogP contribution in [0.25, 0.3) is 0 Å². The predicted octanol–water partition coefficient (Wildman–Crippen LogP) is 6.54. The quantitative estimate of drug-likeness (QED) is 0.538. The van der Waals surface area contributed by atoms with Gasteiger partial charge < -0.3 is 5.32 Å². The van der Waals surface area contributed by atoms with Crippen molar-refractivity contribution in [3.8, 4) is 0 Å². The zero-order chi connectivity index (χ0) is 17.1. The van der Waals surface area contributed by atoms with Crippen LogP contribution in [0.3, 0.4) is 0 Å². The lowest BCUT2D eigenvalue weighted by atomic mass is 10.1. The molecule has 1 nitrogen and oxygen atoms in total. The highest BCUT2D eigenvalue weighted by Crippen LogP contribution is 2.06. The molecule has 0 aliphatic carbocycles. The van der Waals surface area contributed by atoms with Gasteiger partial charge in [-0.25, -0.2) is 0 Å². The largest absolute Gasteiger partial charge is 0.320 e. The van der Waals surface area contributed by atoms with Gasteiger partial charge in [-0.15, -0.1) is 0 Å². The van der Waals surface area contributed by atoms with Crippen LogP contribution in [0.15, 0.2) is 24.3 Å². The Morgan fingerprint density at radius 2 is 1.18 bits per heavy atom. The molecule has 0 aliphatic heterocycles. The number of hydrogen-bond acceptors (Lipinski definition) is 1. The van der Waals surface area contributed by atoms with Crippen LogP contribution >= 0.6 is 0 Å². The molecule has 0 heterocycles. The Balaban J connectivity index is 0. The predicted molar refractivity (Wildman–Crippen MR) is 104 cm³/mol. The molecule has 1 N–H and O–H groups in total. The molecule has 1 heteroatoms. The number of benzene rings is 1. The maximum atomic E-state index is 2.93. The van der Waals surface area contributed by atoms with E-state index < -0.39 is 0 Å². The van der Waals surface area contributed by atoms with Crippen molar-refractivity contribution in [2.45, 2.75) is 86.0 Å².